The molecule has 2 N–H and O–H groups in total. The first-order valence-corrected chi connectivity index (χ1v) is 7.63. The van der Waals surface area contributed by atoms with Crippen molar-refractivity contribution >= 4 is 23.5 Å². The van der Waals surface area contributed by atoms with E-state index in [0.29, 0.717) is 0 Å². The molecule has 0 bridgehead atoms. The van der Waals surface area contributed by atoms with Crippen LogP contribution in [-0.4, -0.2) is 35.5 Å². The highest BCUT2D eigenvalue weighted by atomic mass is 19.1. The van der Waals surface area contributed by atoms with Gasteiger partial charge >= 0.3 is 5.97 Å². The summed E-state index contributed by atoms with van der Waals surface area (Å²) < 4.78 is 13.8. The molecule has 2 unspecified atom stereocenters. The summed E-state index contributed by atoms with van der Waals surface area (Å²) >= 11 is 0. The largest absolute Gasteiger partial charge is 0.480 e. The van der Waals surface area contributed by atoms with Gasteiger partial charge in [0.1, 0.15) is 11.9 Å². The second-order valence-electron chi connectivity index (χ2n) is 5.56. The Hall–Kier alpha value is -2.70. The van der Waals surface area contributed by atoms with Gasteiger partial charge in [-0.1, -0.05) is 24.3 Å². The average molecular weight is 334 g/mol. The molecule has 2 atom stereocenters. The van der Waals surface area contributed by atoms with Gasteiger partial charge < -0.3 is 15.3 Å². The molecule has 0 radical (unpaired) electrons. The SMILES string of the molecule is C/C=C/CC(NC(=O)C1CC(=O)N(c2ccccc2F)C1)C(=O)O. The van der Waals surface area contributed by atoms with Crippen molar-refractivity contribution in [3.8, 4) is 0 Å². The molecule has 1 aromatic carbocycles. The Kier molecular flexibility index (Phi) is 5.68. The van der Waals surface area contributed by atoms with Crippen LogP contribution in [0.15, 0.2) is 36.4 Å². The molecule has 128 valence electrons. The van der Waals surface area contributed by atoms with Crippen LogP contribution in [0.1, 0.15) is 19.8 Å². The molecule has 7 heteroatoms. The summed E-state index contributed by atoms with van der Waals surface area (Å²) in [5.74, 6) is -3.26. The van der Waals surface area contributed by atoms with E-state index in [4.69, 9.17) is 5.11 Å². The molecule has 2 amide bonds. The number of aliphatic carboxylic acids is 1. The van der Waals surface area contributed by atoms with Gasteiger partial charge in [-0.05, 0) is 25.5 Å². The number of nitrogens with one attached hydrogen (secondary N) is 1. The first kappa shape index (κ1) is 17.7. The van der Waals surface area contributed by atoms with E-state index in [9.17, 15) is 18.8 Å². The van der Waals surface area contributed by atoms with Crippen LogP contribution < -0.4 is 10.2 Å². The number of carboxylic acids is 1. The third kappa shape index (κ3) is 3.98. The van der Waals surface area contributed by atoms with Gasteiger partial charge in [-0.2, -0.15) is 0 Å². The van der Waals surface area contributed by atoms with E-state index in [-0.39, 0.29) is 31.0 Å². The number of amides is 2. The lowest BCUT2D eigenvalue weighted by Gasteiger charge is -2.18. The van der Waals surface area contributed by atoms with E-state index in [1.165, 1.54) is 23.1 Å². The van der Waals surface area contributed by atoms with Crippen molar-refractivity contribution in [2.75, 3.05) is 11.4 Å². The quantitative estimate of drug-likeness (QED) is 0.776. The number of carbonyl (C=O) groups is 3. The van der Waals surface area contributed by atoms with E-state index >= 15 is 0 Å². The smallest absolute Gasteiger partial charge is 0.326 e. The van der Waals surface area contributed by atoms with E-state index in [1.54, 1.807) is 25.1 Å². The molecular weight excluding hydrogens is 315 g/mol. The van der Waals surface area contributed by atoms with Gasteiger partial charge in [-0.3, -0.25) is 9.59 Å². The lowest BCUT2D eigenvalue weighted by molar-refractivity contribution is -0.142. The third-order valence-electron chi connectivity index (χ3n) is 3.86. The maximum Gasteiger partial charge on any atom is 0.326 e. The Bertz CT molecular complexity index is 674. The van der Waals surface area contributed by atoms with Crippen molar-refractivity contribution in [1.29, 1.82) is 0 Å². The number of anilines is 1. The summed E-state index contributed by atoms with van der Waals surface area (Å²) in [4.78, 5) is 36.7. The Morgan fingerprint density at radius 1 is 1.46 bits per heavy atom. The Balaban J connectivity index is 2.06. The fraction of sp³-hybridized carbons (Fsp3) is 0.353. The summed E-state index contributed by atoms with van der Waals surface area (Å²) in [6, 6.07) is 4.79. The number of rotatable bonds is 6. The maximum atomic E-state index is 13.8. The van der Waals surface area contributed by atoms with Crippen molar-refractivity contribution in [3.05, 3.63) is 42.2 Å². The minimum atomic E-state index is -1.14. The maximum absolute atomic E-state index is 13.8. The van der Waals surface area contributed by atoms with Gasteiger partial charge in [-0.15, -0.1) is 0 Å². The highest BCUT2D eigenvalue weighted by Gasteiger charge is 2.37. The Morgan fingerprint density at radius 2 is 2.17 bits per heavy atom. The molecule has 1 aromatic rings. The van der Waals surface area contributed by atoms with Crippen LogP contribution in [0, 0.1) is 11.7 Å². The number of hydrogen-bond donors (Lipinski definition) is 2. The van der Waals surface area contributed by atoms with Crippen LogP contribution in [-0.2, 0) is 14.4 Å². The normalized spacial score (nSPS) is 18.8. The molecule has 0 saturated carbocycles. The zero-order valence-electron chi connectivity index (χ0n) is 13.2. The number of nitrogens with zero attached hydrogens (tertiary/aromatic N) is 1. The lowest BCUT2D eigenvalue weighted by atomic mass is 10.1. The molecule has 24 heavy (non-hydrogen) atoms. The van der Waals surface area contributed by atoms with Crippen LogP contribution in [0.5, 0.6) is 0 Å². The lowest BCUT2D eigenvalue weighted by Crippen LogP contribution is -2.44. The molecule has 0 spiro atoms. The first-order chi connectivity index (χ1) is 11.4. The summed E-state index contributed by atoms with van der Waals surface area (Å²) in [5, 5.41) is 11.6. The number of para-hydroxylation sites is 1. The fourth-order valence-electron chi connectivity index (χ4n) is 2.57. The van der Waals surface area contributed by atoms with Crippen LogP contribution in [0.3, 0.4) is 0 Å². The second-order valence-corrected chi connectivity index (χ2v) is 5.56. The van der Waals surface area contributed by atoms with Gasteiger partial charge in [0, 0.05) is 13.0 Å². The van der Waals surface area contributed by atoms with Gasteiger partial charge in [-0.25, -0.2) is 9.18 Å². The molecule has 0 aromatic heterocycles. The van der Waals surface area contributed by atoms with Crippen molar-refractivity contribution in [1.82, 2.24) is 5.32 Å². The predicted molar refractivity (Wildman–Crippen MR) is 85.9 cm³/mol. The van der Waals surface area contributed by atoms with Crippen LogP contribution >= 0.6 is 0 Å². The number of carbonyl (C=O) groups excluding carboxylic acids is 2. The van der Waals surface area contributed by atoms with E-state index in [2.05, 4.69) is 5.32 Å². The van der Waals surface area contributed by atoms with Crippen molar-refractivity contribution in [2.45, 2.75) is 25.8 Å². The monoisotopic (exact) mass is 334 g/mol. The van der Waals surface area contributed by atoms with Crippen molar-refractivity contribution < 1.29 is 23.9 Å². The standard InChI is InChI=1S/C17H19FN2O4/c1-2-3-7-13(17(23)24)19-16(22)11-9-15(21)20(10-11)14-8-5-4-6-12(14)18/h2-6,8,11,13H,7,9-10H2,1H3,(H,19,22)(H,23,24)/b3-2+. The molecular formula is C17H19FN2O4. The van der Waals surface area contributed by atoms with Crippen molar-refractivity contribution in [3.63, 3.8) is 0 Å². The molecule has 1 heterocycles. The Labute approximate surface area is 139 Å². The minimum absolute atomic E-state index is 0.0293. The van der Waals surface area contributed by atoms with E-state index < -0.39 is 29.7 Å². The molecule has 1 aliphatic rings. The molecule has 1 aliphatic heterocycles. The summed E-state index contributed by atoms with van der Waals surface area (Å²) in [6.45, 7) is 1.78. The zero-order chi connectivity index (χ0) is 17.7. The minimum Gasteiger partial charge on any atom is -0.480 e. The van der Waals surface area contributed by atoms with Gasteiger partial charge in [0.2, 0.25) is 11.8 Å². The van der Waals surface area contributed by atoms with Gasteiger partial charge in [0.25, 0.3) is 0 Å². The summed E-state index contributed by atoms with van der Waals surface area (Å²) in [7, 11) is 0. The van der Waals surface area contributed by atoms with Gasteiger partial charge in [0.15, 0.2) is 0 Å². The summed E-state index contributed by atoms with van der Waals surface area (Å²) in [5.41, 5.74) is 0.126. The number of hydrogen-bond acceptors (Lipinski definition) is 3. The number of allylic oxidation sites excluding steroid dienone is 1. The third-order valence-corrected chi connectivity index (χ3v) is 3.86. The molecule has 1 saturated heterocycles. The highest BCUT2D eigenvalue weighted by Crippen LogP contribution is 2.27. The number of benzene rings is 1. The second kappa shape index (κ2) is 7.72. The topological polar surface area (TPSA) is 86.7 Å². The van der Waals surface area contributed by atoms with E-state index in [1.807, 2.05) is 0 Å². The van der Waals surface area contributed by atoms with Crippen molar-refractivity contribution in [2.24, 2.45) is 5.92 Å². The van der Waals surface area contributed by atoms with E-state index in [0.717, 1.165) is 0 Å². The van der Waals surface area contributed by atoms with Gasteiger partial charge in [0.05, 0.1) is 11.6 Å². The van der Waals surface area contributed by atoms with Crippen LogP contribution in [0.2, 0.25) is 0 Å². The Morgan fingerprint density at radius 3 is 2.79 bits per heavy atom. The summed E-state index contributed by atoms with van der Waals surface area (Å²) in [6.07, 6.45) is 3.43. The average Bonchev–Trinajstić information content (AvgIpc) is 2.93. The zero-order valence-corrected chi connectivity index (χ0v) is 13.2. The van der Waals surface area contributed by atoms with Crippen LogP contribution in [0.4, 0.5) is 10.1 Å². The molecule has 6 nitrogen and oxygen atoms in total. The molecule has 0 aliphatic carbocycles. The number of carboxylic acid groups (broad SMARTS) is 1. The van der Waals surface area contributed by atoms with Crippen LogP contribution in [0.25, 0.3) is 0 Å². The molecule has 1 fully saturated rings. The fourth-order valence-corrected chi connectivity index (χ4v) is 2.57. The predicted octanol–water partition coefficient (Wildman–Crippen LogP) is 1.71. The first-order valence-electron chi connectivity index (χ1n) is 7.63. The highest BCUT2D eigenvalue weighted by molar-refractivity contribution is 6.00. The number of halogens is 1. The molecule has 2 rings (SSSR count).